The molecule has 10 nitrogen and oxygen atoms in total. The number of hydrogen-bond acceptors (Lipinski definition) is 8. The Morgan fingerprint density at radius 2 is 1.83 bits per heavy atom. The van der Waals surface area contributed by atoms with Crippen molar-refractivity contribution in [3.8, 4) is 11.4 Å². The molecule has 0 aliphatic carbocycles. The smallest absolute Gasteiger partial charge is 0.251 e. The normalized spacial score (nSPS) is 18.8. The lowest BCUT2D eigenvalue weighted by Gasteiger charge is -2.36. The van der Waals surface area contributed by atoms with Gasteiger partial charge in [0.25, 0.3) is 5.91 Å². The molecule has 12 heteroatoms. The van der Waals surface area contributed by atoms with Gasteiger partial charge in [-0.1, -0.05) is 17.7 Å². The van der Waals surface area contributed by atoms with Crippen molar-refractivity contribution >= 4 is 49.9 Å². The summed E-state index contributed by atoms with van der Waals surface area (Å²) in [6.07, 6.45) is 3.64. The van der Waals surface area contributed by atoms with Gasteiger partial charge in [0.05, 0.1) is 53.3 Å². The first-order valence-electron chi connectivity index (χ1n) is 13.8. The Morgan fingerprint density at radius 3 is 2.60 bits per heavy atom. The highest BCUT2D eigenvalue weighted by Crippen LogP contribution is 2.36. The molecule has 0 spiro atoms. The number of pyridine rings is 3. The van der Waals surface area contributed by atoms with Gasteiger partial charge in [-0.3, -0.25) is 14.1 Å². The minimum Gasteiger partial charge on any atom is -0.372 e. The van der Waals surface area contributed by atoms with Crippen LogP contribution in [0.15, 0.2) is 54.7 Å². The summed E-state index contributed by atoms with van der Waals surface area (Å²) in [6.45, 7) is 6.16. The Labute approximate surface area is 249 Å². The number of carbonyl (C=O) groups is 1. The predicted octanol–water partition coefficient (Wildman–Crippen LogP) is 4.21. The number of hydrogen-bond donors (Lipinski definition) is 1. The van der Waals surface area contributed by atoms with Crippen molar-refractivity contribution in [2.45, 2.75) is 39.0 Å². The molecular formula is C30H31ClN6O4S. The Hall–Kier alpha value is -3.80. The highest BCUT2D eigenvalue weighted by atomic mass is 35.5. The zero-order chi connectivity index (χ0) is 29.6. The lowest BCUT2D eigenvalue weighted by Crippen LogP contribution is -2.45. The quantitative estimate of drug-likeness (QED) is 0.347. The van der Waals surface area contributed by atoms with E-state index < -0.39 is 10.0 Å². The van der Waals surface area contributed by atoms with Crippen molar-refractivity contribution in [1.29, 1.82) is 0 Å². The molecule has 1 fully saturated rings. The number of nitrogens with one attached hydrogen (secondary N) is 1. The van der Waals surface area contributed by atoms with Crippen LogP contribution in [0.5, 0.6) is 0 Å². The number of benzene rings is 1. The van der Waals surface area contributed by atoms with Crippen molar-refractivity contribution in [2.24, 2.45) is 0 Å². The number of rotatable bonds is 6. The number of fused-ring (bicyclic) bond motifs is 2. The molecule has 0 bridgehead atoms. The Balaban J connectivity index is 1.20. The lowest BCUT2D eigenvalue weighted by atomic mass is 10.1. The number of sulfonamides is 1. The van der Waals surface area contributed by atoms with Gasteiger partial charge in [-0.15, -0.1) is 0 Å². The van der Waals surface area contributed by atoms with Crippen LogP contribution in [0.25, 0.3) is 22.3 Å². The summed E-state index contributed by atoms with van der Waals surface area (Å²) >= 11 is 6.41. The third-order valence-corrected chi connectivity index (χ3v) is 8.99. The van der Waals surface area contributed by atoms with E-state index in [0.717, 1.165) is 53.0 Å². The molecule has 1 amide bonds. The van der Waals surface area contributed by atoms with Crippen molar-refractivity contribution in [3.63, 3.8) is 0 Å². The molecule has 1 saturated heterocycles. The molecule has 0 unspecified atom stereocenters. The summed E-state index contributed by atoms with van der Waals surface area (Å²) in [6, 6.07) is 14.8. The standard InChI is InChI=1S/C30H31ClN6O4S/c1-18-16-36(17-19(2)41-18)29-6-4-5-25(35-29)26-8-7-20-14-32-22(13-27(20)34-26)15-33-30(38)21-11-24(31)23-9-10-37(28(23)12-21)42(3,39)40/h4-8,11-14,18-19H,9-10,15-17H2,1-3H3,(H,33,38)/t18-,19+. The Kier molecular flexibility index (Phi) is 7.50. The van der Waals surface area contributed by atoms with E-state index in [0.29, 0.717) is 29.4 Å². The van der Waals surface area contributed by atoms with Gasteiger partial charge >= 0.3 is 0 Å². The first kappa shape index (κ1) is 28.3. The molecule has 4 aromatic rings. The molecule has 2 aliphatic rings. The van der Waals surface area contributed by atoms with Crippen LogP contribution in [-0.2, 0) is 27.7 Å². The SMILES string of the molecule is C[C@@H]1CN(c2cccc(-c3ccc4cnc(CNC(=O)c5cc(Cl)c6c(c5)N(S(C)(=O)=O)CC6)cc4n3)n2)C[C@H](C)O1. The van der Waals surface area contributed by atoms with Crippen molar-refractivity contribution in [3.05, 3.63) is 76.6 Å². The fourth-order valence-electron chi connectivity index (χ4n) is 5.58. The summed E-state index contributed by atoms with van der Waals surface area (Å²) in [7, 11) is -3.47. The number of ether oxygens (including phenoxy) is 1. The van der Waals surface area contributed by atoms with E-state index in [4.69, 9.17) is 26.3 Å². The van der Waals surface area contributed by atoms with Gasteiger partial charge in [0.2, 0.25) is 10.0 Å². The molecule has 5 heterocycles. The second-order valence-electron chi connectivity index (χ2n) is 10.8. The average molecular weight is 607 g/mol. The first-order chi connectivity index (χ1) is 20.0. The number of anilines is 2. The lowest BCUT2D eigenvalue weighted by molar-refractivity contribution is -0.00545. The maximum atomic E-state index is 13.0. The molecule has 0 saturated carbocycles. The second-order valence-corrected chi connectivity index (χ2v) is 13.1. The van der Waals surface area contributed by atoms with E-state index in [1.54, 1.807) is 18.3 Å². The van der Waals surface area contributed by atoms with Crippen LogP contribution in [0.2, 0.25) is 5.02 Å². The number of amides is 1. The van der Waals surface area contributed by atoms with Crippen LogP contribution in [0.4, 0.5) is 11.5 Å². The summed E-state index contributed by atoms with van der Waals surface area (Å²) < 4.78 is 31.5. The minimum atomic E-state index is -3.47. The largest absolute Gasteiger partial charge is 0.372 e. The van der Waals surface area contributed by atoms with Gasteiger partial charge in [0, 0.05) is 41.8 Å². The first-order valence-corrected chi connectivity index (χ1v) is 16.0. The zero-order valence-corrected chi connectivity index (χ0v) is 25.1. The maximum Gasteiger partial charge on any atom is 0.251 e. The summed E-state index contributed by atoms with van der Waals surface area (Å²) in [5.74, 6) is 0.511. The average Bonchev–Trinajstić information content (AvgIpc) is 3.41. The molecular weight excluding hydrogens is 576 g/mol. The summed E-state index contributed by atoms with van der Waals surface area (Å²) in [5.41, 5.74) is 4.33. The second kappa shape index (κ2) is 11.1. The number of morpholine rings is 1. The molecule has 6 rings (SSSR count). The third-order valence-electron chi connectivity index (χ3n) is 7.47. The van der Waals surface area contributed by atoms with E-state index >= 15 is 0 Å². The fourth-order valence-corrected chi connectivity index (χ4v) is 6.83. The van der Waals surface area contributed by atoms with Gasteiger partial charge < -0.3 is 15.0 Å². The minimum absolute atomic E-state index is 0.131. The van der Waals surface area contributed by atoms with E-state index in [2.05, 4.69) is 29.0 Å². The number of aromatic nitrogens is 3. The maximum absolute atomic E-state index is 13.0. The van der Waals surface area contributed by atoms with Gasteiger partial charge in [0.15, 0.2) is 0 Å². The van der Waals surface area contributed by atoms with E-state index in [-0.39, 0.29) is 30.2 Å². The van der Waals surface area contributed by atoms with Crippen molar-refractivity contribution in [2.75, 3.05) is 35.1 Å². The van der Waals surface area contributed by atoms with E-state index in [1.807, 2.05) is 36.4 Å². The van der Waals surface area contributed by atoms with Crippen molar-refractivity contribution < 1.29 is 17.9 Å². The zero-order valence-electron chi connectivity index (χ0n) is 23.5. The molecule has 2 aliphatic heterocycles. The molecule has 1 aromatic carbocycles. The van der Waals surface area contributed by atoms with Gasteiger partial charge in [-0.2, -0.15) is 0 Å². The number of nitrogens with zero attached hydrogens (tertiary/aromatic N) is 5. The molecule has 42 heavy (non-hydrogen) atoms. The van der Waals surface area contributed by atoms with Crippen molar-refractivity contribution in [1.82, 2.24) is 20.3 Å². The van der Waals surface area contributed by atoms with Crippen LogP contribution in [0, 0.1) is 0 Å². The number of halogens is 1. The third kappa shape index (κ3) is 5.77. The fraction of sp³-hybridized carbons (Fsp3) is 0.333. The van der Waals surface area contributed by atoms with Crippen LogP contribution in [-0.4, -0.2) is 67.4 Å². The monoisotopic (exact) mass is 606 g/mol. The highest BCUT2D eigenvalue weighted by molar-refractivity contribution is 7.92. The van der Waals surface area contributed by atoms with E-state index in [1.165, 1.54) is 4.31 Å². The molecule has 218 valence electrons. The summed E-state index contributed by atoms with van der Waals surface area (Å²) in [4.78, 5) is 29.5. The van der Waals surface area contributed by atoms with Crippen LogP contribution < -0.4 is 14.5 Å². The Bertz CT molecular complexity index is 1790. The van der Waals surface area contributed by atoms with E-state index in [9.17, 15) is 13.2 Å². The van der Waals surface area contributed by atoms with Crippen LogP contribution in [0.1, 0.15) is 35.5 Å². The summed E-state index contributed by atoms with van der Waals surface area (Å²) in [5, 5.41) is 4.11. The van der Waals surface area contributed by atoms with Crippen LogP contribution in [0.3, 0.4) is 0 Å². The number of carbonyl (C=O) groups excluding carboxylic acids is 1. The molecule has 1 N–H and O–H groups in total. The van der Waals surface area contributed by atoms with Crippen LogP contribution >= 0.6 is 11.6 Å². The topological polar surface area (TPSA) is 118 Å². The molecule has 2 atom stereocenters. The van der Waals surface area contributed by atoms with Gasteiger partial charge in [0.1, 0.15) is 5.82 Å². The molecule has 3 aromatic heterocycles. The molecule has 0 radical (unpaired) electrons. The van der Waals surface area contributed by atoms with Gasteiger partial charge in [-0.05, 0) is 68.3 Å². The predicted molar refractivity (Wildman–Crippen MR) is 164 cm³/mol. The Morgan fingerprint density at radius 1 is 1.07 bits per heavy atom. The highest BCUT2D eigenvalue weighted by Gasteiger charge is 2.29. The van der Waals surface area contributed by atoms with Gasteiger partial charge in [-0.25, -0.2) is 18.4 Å².